The van der Waals surface area contributed by atoms with Crippen molar-refractivity contribution in [3.8, 4) is 6.07 Å². The Kier molecular flexibility index (Phi) is 3.92. The molecule has 0 saturated heterocycles. The van der Waals surface area contributed by atoms with Crippen molar-refractivity contribution in [2.45, 2.75) is 0 Å². The number of H-pyrrole nitrogens is 1. The van der Waals surface area contributed by atoms with Crippen LogP contribution in [0.2, 0.25) is 5.02 Å². The van der Waals surface area contributed by atoms with Gasteiger partial charge in [-0.2, -0.15) is 10.5 Å². The number of rotatable bonds is 3. The molecule has 2 aromatic rings. The molecule has 1 heterocycles. The minimum atomic E-state index is 0.219. The maximum Gasteiger partial charge on any atom is 0.216 e. The number of aromatic nitrogens is 4. The van der Waals surface area contributed by atoms with Gasteiger partial charge < -0.3 is 5.32 Å². The van der Waals surface area contributed by atoms with Crippen molar-refractivity contribution in [3.63, 3.8) is 0 Å². The van der Waals surface area contributed by atoms with Gasteiger partial charge in [0.05, 0.1) is 10.7 Å². The van der Waals surface area contributed by atoms with Gasteiger partial charge in [0.15, 0.2) is 0 Å². The Labute approximate surface area is 116 Å². The van der Waals surface area contributed by atoms with Crippen LogP contribution in [-0.4, -0.2) is 20.6 Å². The molecule has 1 aromatic carbocycles. The fraction of sp³-hybridized carbons (Fsp3) is 0. The maximum atomic E-state index is 8.98. The molecule has 1 aromatic heterocycles. The number of hydrogen-bond acceptors (Lipinski definition) is 5. The van der Waals surface area contributed by atoms with Crippen LogP contribution in [0.25, 0.3) is 5.57 Å². The van der Waals surface area contributed by atoms with Crippen LogP contribution in [0, 0.1) is 11.3 Å². The first-order valence-corrected chi connectivity index (χ1v) is 5.93. The van der Waals surface area contributed by atoms with E-state index in [-0.39, 0.29) is 11.4 Å². The number of nitrogens with zero attached hydrogens (tertiary/aromatic N) is 4. The monoisotopic (exact) mass is 324 g/mol. The first-order chi connectivity index (χ1) is 8.70. The van der Waals surface area contributed by atoms with Crippen LogP contribution in [-0.2, 0) is 0 Å². The van der Waals surface area contributed by atoms with Crippen molar-refractivity contribution in [1.29, 1.82) is 5.26 Å². The number of allylic oxidation sites excluding steroid dienone is 1. The Morgan fingerprint density at radius 3 is 3.06 bits per heavy atom. The average Bonchev–Trinajstić information content (AvgIpc) is 2.88. The highest BCUT2D eigenvalue weighted by molar-refractivity contribution is 9.10. The predicted molar refractivity (Wildman–Crippen MR) is 70.5 cm³/mol. The summed E-state index contributed by atoms with van der Waals surface area (Å²) in [7, 11) is 0. The van der Waals surface area contributed by atoms with Crippen LogP contribution in [0.15, 0.2) is 28.9 Å². The number of benzene rings is 1. The zero-order valence-electron chi connectivity index (χ0n) is 8.85. The highest BCUT2D eigenvalue weighted by Crippen LogP contribution is 2.26. The molecule has 2 rings (SSSR count). The van der Waals surface area contributed by atoms with E-state index in [1.165, 1.54) is 6.20 Å². The van der Waals surface area contributed by atoms with Crippen molar-refractivity contribution < 1.29 is 0 Å². The molecule has 0 amide bonds. The van der Waals surface area contributed by atoms with E-state index in [2.05, 4.69) is 41.9 Å². The van der Waals surface area contributed by atoms with E-state index in [1.807, 2.05) is 12.1 Å². The number of nitriles is 1. The summed E-state index contributed by atoms with van der Waals surface area (Å²) in [5.74, 6) is 0.219. The van der Waals surface area contributed by atoms with E-state index in [0.29, 0.717) is 10.7 Å². The van der Waals surface area contributed by atoms with Crippen LogP contribution >= 0.6 is 27.5 Å². The zero-order chi connectivity index (χ0) is 13.0. The van der Waals surface area contributed by atoms with Crippen molar-refractivity contribution >= 4 is 38.8 Å². The second-order valence-electron chi connectivity index (χ2n) is 3.17. The summed E-state index contributed by atoms with van der Waals surface area (Å²) >= 11 is 9.34. The molecule has 0 bridgehead atoms. The predicted octanol–water partition coefficient (Wildman–Crippen LogP) is 2.59. The third-order valence-electron chi connectivity index (χ3n) is 2.01. The molecule has 6 nitrogen and oxygen atoms in total. The van der Waals surface area contributed by atoms with E-state index in [4.69, 9.17) is 16.9 Å². The number of tetrazole rings is 1. The summed E-state index contributed by atoms with van der Waals surface area (Å²) in [6.07, 6.45) is 1.47. The summed E-state index contributed by atoms with van der Waals surface area (Å²) < 4.78 is 0.876. The largest absolute Gasteiger partial charge is 0.359 e. The summed E-state index contributed by atoms with van der Waals surface area (Å²) in [6.45, 7) is 0. The van der Waals surface area contributed by atoms with Gasteiger partial charge in [-0.1, -0.05) is 27.5 Å². The highest BCUT2D eigenvalue weighted by Gasteiger charge is 2.06. The minimum absolute atomic E-state index is 0.219. The van der Waals surface area contributed by atoms with E-state index in [0.717, 1.165) is 4.47 Å². The molecule has 0 aliphatic heterocycles. The van der Waals surface area contributed by atoms with Crippen LogP contribution in [0.1, 0.15) is 5.82 Å². The molecule has 2 N–H and O–H groups in total. The first kappa shape index (κ1) is 12.5. The van der Waals surface area contributed by atoms with Gasteiger partial charge in [0.2, 0.25) is 5.82 Å². The lowest BCUT2D eigenvalue weighted by atomic mass is 10.3. The fourth-order valence-corrected chi connectivity index (χ4v) is 1.71. The topological polar surface area (TPSA) is 90.3 Å². The average molecular weight is 326 g/mol. The molecular formula is C10H6BrClN6. The van der Waals surface area contributed by atoms with E-state index < -0.39 is 0 Å². The summed E-state index contributed by atoms with van der Waals surface area (Å²) in [6, 6.07) is 7.32. The Morgan fingerprint density at radius 2 is 2.39 bits per heavy atom. The fourth-order valence-electron chi connectivity index (χ4n) is 1.18. The second kappa shape index (κ2) is 5.62. The summed E-state index contributed by atoms with van der Waals surface area (Å²) in [5, 5.41) is 25.6. The van der Waals surface area contributed by atoms with Gasteiger partial charge in [0.25, 0.3) is 0 Å². The molecule has 0 unspecified atom stereocenters. The molecular weight excluding hydrogens is 320 g/mol. The third kappa shape index (κ3) is 2.85. The Balaban J connectivity index is 2.24. The van der Waals surface area contributed by atoms with Gasteiger partial charge in [-0.15, -0.1) is 10.2 Å². The van der Waals surface area contributed by atoms with Crippen molar-refractivity contribution in [1.82, 2.24) is 20.6 Å². The molecule has 0 radical (unpaired) electrons. The van der Waals surface area contributed by atoms with E-state index in [1.54, 1.807) is 12.1 Å². The molecule has 0 saturated carbocycles. The van der Waals surface area contributed by atoms with Crippen molar-refractivity contribution in [2.24, 2.45) is 0 Å². The Bertz CT molecular complexity index is 616. The lowest BCUT2D eigenvalue weighted by molar-refractivity contribution is 0.881. The zero-order valence-corrected chi connectivity index (χ0v) is 11.2. The number of nitrogens with one attached hydrogen (secondary N) is 2. The van der Waals surface area contributed by atoms with Crippen LogP contribution in [0.5, 0.6) is 0 Å². The quantitative estimate of drug-likeness (QED) is 0.847. The number of anilines is 1. The van der Waals surface area contributed by atoms with Crippen LogP contribution in [0.4, 0.5) is 5.69 Å². The third-order valence-corrected chi connectivity index (χ3v) is 2.83. The van der Waals surface area contributed by atoms with Gasteiger partial charge in [-0.3, -0.25) is 0 Å². The maximum absolute atomic E-state index is 8.98. The highest BCUT2D eigenvalue weighted by atomic mass is 79.9. The smallest absolute Gasteiger partial charge is 0.216 e. The molecule has 0 fully saturated rings. The summed E-state index contributed by atoms with van der Waals surface area (Å²) in [5.41, 5.74) is 0.919. The number of aromatic amines is 1. The molecule has 0 aliphatic rings. The minimum Gasteiger partial charge on any atom is -0.359 e. The first-order valence-electron chi connectivity index (χ1n) is 4.76. The van der Waals surface area contributed by atoms with Crippen LogP contribution < -0.4 is 5.32 Å². The van der Waals surface area contributed by atoms with Gasteiger partial charge in [0.1, 0.15) is 11.6 Å². The number of hydrogen-bond donors (Lipinski definition) is 2. The second-order valence-corrected chi connectivity index (χ2v) is 4.50. The van der Waals surface area contributed by atoms with Crippen molar-refractivity contribution in [3.05, 3.63) is 39.7 Å². The Hall–Kier alpha value is -1.91. The van der Waals surface area contributed by atoms with E-state index in [9.17, 15) is 0 Å². The molecule has 0 atom stereocenters. The van der Waals surface area contributed by atoms with E-state index >= 15 is 0 Å². The van der Waals surface area contributed by atoms with Gasteiger partial charge in [-0.25, -0.2) is 0 Å². The SMILES string of the molecule is N#CC(=CNc1cc(Br)ccc1Cl)c1nn[nH]n1. The van der Waals surface area contributed by atoms with Crippen LogP contribution in [0.3, 0.4) is 0 Å². The van der Waals surface area contributed by atoms with Gasteiger partial charge in [0, 0.05) is 10.7 Å². The molecule has 0 spiro atoms. The standard InChI is InChI=1S/C10H6BrClN6/c11-7-1-2-8(12)9(3-7)14-5-6(4-13)10-15-17-18-16-10/h1-3,5,14H,(H,15,16,17,18). The Morgan fingerprint density at radius 1 is 1.56 bits per heavy atom. The summed E-state index contributed by atoms with van der Waals surface area (Å²) in [4.78, 5) is 0. The molecule has 18 heavy (non-hydrogen) atoms. The normalized spacial score (nSPS) is 11.1. The molecule has 0 aliphatic carbocycles. The number of halogens is 2. The van der Waals surface area contributed by atoms with Crippen molar-refractivity contribution in [2.75, 3.05) is 5.32 Å². The molecule has 90 valence electrons. The molecule has 8 heteroatoms. The lowest BCUT2D eigenvalue weighted by Crippen LogP contribution is -1.93. The van der Waals surface area contributed by atoms with Gasteiger partial charge >= 0.3 is 0 Å². The lowest BCUT2D eigenvalue weighted by Gasteiger charge is -2.04. The van der Waals surface area contributed by atoms with Gasteiger partial charge in [-0.05, 0) is 23.4 Å².